The lowest BCUT2D eigenvalue weighted by molar-refractivity contribution is -0.124. The fourth-order valence-corrected chi connectivity index (χ4v) is 14.6. The number of anilines is 3. The van der Waals surface area contributed by atoms with Crippen LogP contribution in [0, 0.1) is 78.3 Å². The predicted molar refractivity (Wildman–Crippen MR) is 365 cm³/mol. The normalized spacial score (nSPS) is 14.2. The highest BCUT2D eigenvalue weighted by atomic mass is 32.2. The van der Waals surface area contributed by atoms with E-state index < -0.39 is 95.0 Å². The largest absolute Gasteiger partial charge is 0.462 e. The Hall–Kier alpha value is -10.4. The number of aromatic nitrogens is 3. The van der Waals surface area contributed by atoms with Crippen molar-refractivity contribution < 1.29 is 72.6 Å². The van der Waals surface area contributed by atoms with Crippen LogP contribution in [-0.4, -0.2) is 135 Å². The molecule has 6 aromatic rings. The molecule has 528 valence electrons. The van der Waals surface area contributed by atoms with Crippen LogP contribution in [-0.2, 0) is 82.3 Å². The molecule has 0 aliphatic carbocycles. The molecule has 0 atom stereocenters. The number of carbonyl (C=O) groups is 6. The van der Waals surface area contributed by atoms with Crippen LogP contribution in [0.15, 0.2) is 97.1 Å². The number of ether oxygens (including phenoxy) is 3. The summed E-state index contributed by atoms with van der Waals surface area (Å²) in [5, 5.41) is 28.7. The Balaban J connectivity index is 0.000000211. The summed E-state index contributed by atoms with van der Waals surface area (Å²) >= 11 is 0. The highest BCUT2D eigenvalue weighted by Crippen LogP contribution is 2.32. The molecular formula is C69H77FN12O15S3. The number of nitriles is 3. The SMILES string of the molecule is CCOC(=O)c1cc(C#N)c(N2CC(C(=O)NS(=O)(=O)Cc3ccccc3)C2)nc1CC.CCOC(=O)c1cc(C#N)c(N2CCC(C(=O)NS(=O)(=O)Cc3ccc(C)cc3)CC2)nc1C.CCOC(=O)c1cc(C#N)c(N2CCC(C(=O)NS(=O)(=O)Cc3cccc(F)c3)CC2)nc1C. The lowest BCUT2D eigenvalue weighted by Gasteiger charge is -2.39. The highest BCUT2D eigenvalue weighted by Gasteiger charge is 2.38. The zero-order valence-corrected chi connectivity index (χ0v) is 58.7. The number of benzene rings is 3. The first kappa shape index (κ1) is 76.9. The van der Waals surface area contributed by atoms with Crippen molar-refractivity contribution in [2.24, 2.45) is 17.8 Å². The number of rotatable bonds is 22. The number of aryl methyl sites for hydroxylation is 4. The summed E-state index contributed by atoms with van der Waals surface area (Å²) in [6, 6.07) is 31.4. The second kappa shape index (κ2) is 34.9. The van der Waals surface area contributed by atoms with E-state index in [1.165, 1.54) is 36.4 Å². The summed E-state index contributed by atoms with van der Waals surface area (Å²) in [5.41, 5.74) is 5.21. The lowest BCUT2D eigenvalue weighted by Crippen LogP contribution is -2.55. The monoisotopic (exact) mass is 1430 g/mol. The molecule has 3 saturated heterocycles. The average Bonchev–Trinajstić information content (AvgIpc) is 0.767. The summed E-state index contributed by atoms with van der Waals surface area (Å²) in [6.45, 7) is 14.8. The van der Waals surface area contributed by atoms with Gasteiger partial charge in [-0.25, -0.2) is 59.0 Å². The van der Waals surface area contributed by atoms with E-state index in [2.05, 4.69) is 41.3 Å². The molecule has 31 heteroatoms. The summed E-state index contributed by atoms with van der Waals surface area (Å²) < 4.78 is 109. The van der Waals surface area contributed by atoms with Gasteiger partial charge in [0.25, 0.3) is 0 Å². The minimum atomic E-state index is -3.98. The maximum absolute atomic E-state index is 13.3. The smallest absolute Gasteiger partial charge is 0.340 e. The molecule has 3 aromatic carbocycles. The Morgan fingerprint density at radius 1 is 0.480 bits per heavy atom. The van der Waals surface area contributed by atoms with Gasteiger partial charge in [0.1, 0.15) is 41.5 Å². The molecule has 3 aliphatic rings. The van der Waals surface area contributed by atoms with E-state index in [1.807, 2.05) is 41.8 Å². The van der Waals surface area contributed by atoms with E-state index in [0.717, 1.165) is 11.6 Å². The molecule has 0 saturated carbocycles. The minimum Gasteiger partial charge on any atom is -0.462 e. The van der Waals surface area contributed by atoms with Gasteiger partial charge in [-0.05, 0) is 121 Å². The van der Waals surface area contributed by atoms with Crippen molar-refractivity contribution >= 4 is 83.2 Å². The third-order valence-corrected chi connectivity index (χ3v) is 19.9. The number of carbonyl (C=O) groups excluding carboxylic acids is 6. The molecule has 27 nitrogen and oxygen atoms in total. The van der Waals surface area contributed by atoms with Gasteiger partial charge in [0.05, 0.1) is 93.5 Å². The first-order chi connectivity index (χ1) is 47.5. The molecule has 0 spiro atoms. The molecule has 0 radical (unpaired) electrons. The second-order valence-electron chi connectivity index (χ2n) is 23.6. The van der Waals surface area contributed by atoms with Crippen molar-refractivity contribution in [1.82, 2.24) is 29.1 Å². The molecule has 3 fully saturated rings. The Bertz CT molecular complexity index is 4500. The maximum atomic E-state index is 13.3. The van der Waals surface area contributed by atoms with Gasteiger partial charge in [-0.3, -0.25) is 28.5 Å². The molecule has 9 rings (SSSR count). The third-order valence-electron chi connectivity index (χ3n) is 16.2. The first-order valence-electron chi connectivity index (χ1n) is 32.0. The molecule has 3 N–H and O–H groups in total. The minimum absolute atomic E-state index is 0.195. The van der Waals surface area contributed by atoms with E-state index in [0.29, 0.717) is 104 Å². The van der Waals surface area contributed by atoms with Gasteiger partial charge in [-0.1, -0.05) is 79.2 Å². The Morgan fingerprint density at radius 2 is 0.850 bits per heavy atom. The fourth-order valence-electron chi connectivity index (χ4n) is 11.1. The molecule has 3 amide bonds. The number of nitrogens with zero attached hydrogens (tertiary/aromatic N) is 9. The number of pyridine rings is 3. The number of nitrogens with one attached hydrogen (secondary N) is 3. The molecule has 3 aliphatic heterocycles. The fraction of sp³-hybridized carbons (Fsp3) is 0.391. The van der Waals surface area contributed by atoms with Gasteiger partial charge in [-0.2, -0.15) is 15.8 Å². The molecule has 0 unspecified atom stereocenters. The van der Waals surface area contributed by atoms with Crippen molar-refractivity contribution in [2.75, 3.05) is 73.8 Å². The highest BCUT2D eigenvalue weighted by molar-refractivity contribution is 7.89. The van der Waals surface area contributed by atoms with Crippen molar-refractivity contribution in [2.45, 2.75) is 97.8 Å². The van der Waals surface area contributed by atoms with E-state index in [1.54, 1.807) is 82.0 Å². The van der Waals surface area contributed by atoms with Crippen LogP contribution in [0.1, 0.15) is 140 Å². The van der Waals surface area contributed by atoms with E-state index >= 15 is 0 Å². The van der Waals surface area contributed by atoms with Crippen LogP contribution in [0.4, 0.5) is 21.8 Å². The maximum Gasteiger partial charge on any atom is 0.340 e. The van der Waals surface area contributed by atoms with Crippen molar-refractivity contribution in [3.05, 3.63) is 176 Å². The van der Waals surface area contributed by atoms with Crippen molar-refractivity contribution in [3.8, 4) is 18.2 Å². The second-order valence-corrected chi connectivity index (χ2v) is 28.8. The summed E-state index contributed by atoms with van der Waals surface area (Å²) in [6.07, 6.45) is 2.00. The van der Waals surface area contributed by atoms with Gasteiger partial charge in [0, 0.05) is 51.1 Å². The molecular weight excluding hydrogens is 1350 g/mol. The summed E-state index contributed by atoms with van der Waals surface area (Å²) in [5.74, 6) is -5.28. The van der Waals surface area contributed by atoms with Crippen molar-refractivity contribution in [1.29, 1.82) is 15.8 Å². The number of sulfonamides is 3. The zero-order chi connectivity index (χ0) is 73.1. The van der Waals surface area contributed by atoms with E-state index in [-0.39, 0.29) is 83.4 Å². The lowest BCUT2D eigenvalue weighted by atomic mass is 9.96. The van der Waals surface area contributed by atoms with Gasteiger partial charge < -0.3 is 28.9 Å². The number of hydrogen-bond acceptors (Lipinski definition) is 24. The van der Waals surface area contributed by atoms with Gasteiger partial charge in [0.2, 0.25) is 47.8 Å². The van der Waals surface area contributed by atoms with Crippen LogP contribution in [0.2, 0.25) is 0 Å². The number of hydrogen-bond donors (Lipinski definition) is 3. The molecule has 6 heterocycles. The predicted octanol–water partition coefficient (Wildman–Crippen LogP) is 6.82. The van der Waals surface area contributed by atoms with Crippen LogP contribution in [0.5, 0.6) is 0 Å². The topological polar surface area (TPSA) is 388 Å². The van der Waals surface area contributed by atoms with Crippen LogP contribution in [0.3, 0.4) is 0 Å². The van der Waals surface area contributed by atoms with E-state index in [9.17, 15) is 74.2 Å². The van der Waals surface area contributed by atoms with Crippen LogP contribution in [0.25, 0.3) is 0 Å². The number of piperidine rings is 2. The zero-order valence-electron chi connectivity index (χ0n) is 56.2. The standard InChI is InChI=1S/C24H28N4O5S.C23H25FN4O5S.C22H24N4O5S/c1-4-33-24(30)21-13-20(14-25)22(26-17(21)3)28-11-9-19(10-12-28)23(29)27-34(31,32)15-18-7-5-16(2)6-8-18;1-3-33-23(30)20-12-18(13-25)21(26-15(20)2)28-9-7-17(8-10-28)22(29)27-34(31,32)14-16-5-4-6-19(24)11-16;1-3-19-18(22(28)31-4-2)10-16(11-23)20(24-19)26-12-17(13-26)21(27)25-32(29,30)14-15-8-6-5-7-9-15/h5-8,13,19H,4,9-12,15H2,1-3H3,(H,27,29);4-6,11-12,17H,3,7-10,14H2,1-2H3,(H,27,29);5-10,17H,3-4,12-14H2,1-2H3,(H,25,27). The molecule has 100 heavy (non-hydrogen) atoms. The van der Waals surface area contributed by atoms with Gasteiger partial charge in [0.15, 0.2) is 0 Å². The number of amides is 3. The Kier molecular flexibility index (Phi) is 26.8. The first-order valence-corrected chi connectivity index (χ1v) is 37.0. The van der Waals surface area contributed by atoms with Crippen molar-refractivity contribution in [3.63, 3.8) is 0 Å². The number of halogens is 1. The molecule has 0 bridgehead atoms. The van der Waals surface area contributed by atoms with Crippen LogP contribution >= 0.6 is 0 Å². The van der Waals surface area contributed by atoms with Gasteiger partial charge in [-0.15, -0.1) is 0 Å². The average molecular weight is 1430 g/mol. The Morgan fingerprint density at radius 3 is 1.25 bits per heavy atom. The number of esters is 3. The summed E-state index contributed by atoms with van der Waals surface area (Å²) in [7, 11) is -11.6. The van der Waals surface area contributed by atoms with Gasteiger partial charge >= 0.3 is 17.9 Å². The third kappa shape index (κ3) is 21.1. The van der Waals surface area contributed by atoms with Crippen LogP contribution < -0.4 is 28.9 Å². The summed E-state index contributed by atoms with van der Waals surface area (Å²) in [4.78, 5) is 92.8. The Labute approximate surface area is 580 Å². The molecule has 3 aromatic heterocycles. The quantitative estimate of drug-likeness (QED) is 0.0463. The van der Waals surface area contributed by atoms with E-state index in [4.69, 9.17) is 14.2 Å².